The van der Waals surface area contributed by atoms with Gasteiger partial charge in [-0.15, -0.1) is 6.42 Å². The Morgan fingerprint density at radius 3 is 2.02 bits per heavy atom. The maximum Gasteiger partial charge on any atom is 0.410 e. The molecule has 0 aromatic heterocycles. The summed E-state index contributed by atoms with van der Waals surface area (Å²) in [6.07, 6.45) is -3.36. The van der Waals surface area contributed by atoms with Crippen LogP contribution in [-0.4, -0.2) is 231 Å². The van der Waals surface area contributed by atoms with Gasteiger partial charge in [0.15, 0.2) is 5.78 Å². The van der Waals surface area contributed by atoms with E-state index in [0.29, 0.717) is 84.0 Å². The molecular weight excluding hydrogens is 1230 g/mol. The fraction of sp³-hybridized carbons (Fsp3) is 0.700. The zero-order chi connectivity index (χ0) is 70.5. The second kappa shape index (κ2) is 41.8. The summed E-state index contributed by atoms with van der Waals surface area (Å²) in [5.74, 6) is -2.11. The number of carbonyl (C=O) groups excluding carboxylic acids is 7. The van der Waals surface area contributed by atoms with Crippen LogP contribution in [0.1, 0.15) is 137 Å². The van der Waals surface area contributed by atoms with Crippen LogP contribution in [0.5, 0.6) is 5.75 Å². The predicted molar refractivity (Wildman–Crippen MR) is 353 cm³/mol. The molecule has 2 unspecified atom stereocenters. The number of methoxy groups -OCH3 is 2. The molecule has 2 aromatic rings. The highest BCUT2D eigenvalue weighted by atomic mass is 16.7. The third-order valence-electron chi connectivity index (χ3n) is 17.9. The van der Waals surface area contributed by atoms with Crippen LogP contribution >= 0.6 is 0 Å². The maximum absolute atomic E-state index is 15.0. The SMILES string of the molecule is C#CCOCCOCCOCCOCCCC(=O)CCC(=O)Nc1ccc(O[C@@H]2OC(C)[C@@H](O)[C@H](O)C2O)c(COC(=O)N(C)[C@H](C(=O)C[C@H](C(=O)N(C)[C@@H]([C@@H](C)CC)[C@@H](CC(=O)N2CCC[C@H]2[C@H](OC)[C@@H](C)C(=O)N[C@H](C)[C@@H](O)c2ccccc2)OC)C(C)C)C(C)C)c1. The van der Waals surface area contributed by atoms with Crippen molar-refractivity contribution >= 4 is 47.0 Å². The molecule has 0 saturated carbocycles. The Morgan fingerprint density at radius 2 is 1.42 bits per heavy atom. The number of Topliss-reactive ketones (excluding diaryl/α,β-unsaturated/α-hetero) is 2. The number of ether oxygens (including phenoxy) is 9. The fourth-order valence-electron chi connectivity index (χ4n) is 12.2. The summed E-state index contributed by atoms with van der Waals surface area (Å²) in [6, 6.07) is 10.7. The average Bonchev–Trinajstić information content (AvgIpc) is 1.46. The lowest BCUT2D eigenvalue weighted by atomic mass is 9.83. The van der Waals surface area contributed by atoms with E-state index < -0.39 is 115 Å². The van der Waals surface area contributed by atoms with E-state index in [1.807, 2.05) is 45.9 Å². The van der Waals surface area contributed by atoms with Gasteiger partial charge in [-0.1, -0.05) is 91.1 Å². The van der Waals surface area contributed by atoms with Crippen LogP contribution in [0.2, 0.25) is 0 Å². The molecule has 2 heterocycles. The molecular formula is C70H109N5O20. The topological polar surface area (TPSA) is 317 Å². The number of likely N-dealkylation sites (tertiary alicyclic amines) is 1. The van der Waals surface area contributed by atoms with Crippen molar-refractivity contribution in [2.45, 2.75) is 200 Å². The molecule has 0 radical (unpaired) electrons. The van der Waals surface area contributed by atoms with Gasteiger partial charge in [-0.25, -0.2) is 4.79 Å². The van der Waals surface area contributed by atoms with Gasteiger partial charge in [0.1, 0.15) is 43.1 Å². The summed E-state index contributed by atoms with van der Waals surface area (Å²) in [4.78, 5) is 103. The quantitative estimate of drug-likeness (QED) is 0.0345. The van der Waals surface area contributed by atoms with Gasteiger partial charge >= 0.3 is 6.09 Å². The van der Waals surface area contributed by atoms with Gasteiger partial charge in [0.05, 0.1) is 101 Å². The Bertz CT molecular complexity index is 2730. The number of carbonyl (C=O) groups is 7. The smallest absolute Gasteiger partial charge is 0.410 e. The molecule has 2 fully saturated rings. The number of nitrogens with one attached hydrogen (secondary N) is 2. The molecule has 15 atom stereocenters. The van der Waals surface area contributed by atoms with Gasteiger partial charge in [0.2, 0.25) is 29.9 Å². The zero-order valence-electron chi connectivity index (χ0n) is 58.1. The van der Waals surface area contributed by atoms with Crippen molar-refractivity contribution in [3.63, 3.8) is 0 Å². The highest BCUT2D eigenvalue weighted by Crippen LogP contribution is 2.34. The van der Waals surface area contributed by atoms with Gasteiger partial charge < -0.3 is 88.4 Å². The molecule has 2 aromatic carbocycles. The van der Waals surface area contributed by atoms with E-state index in [9.17, 15) is 54.0 Å². The number of anilines is 1. The van der Waals surface area contributed by atoms with E-state index in [1.54, 1.807) is 56.7 Å². The highest BCUT2D eigenvalue weighted by Gasteiger charge is 2.46. The first-order valence-electron chi connectivity index (χ1n) is 33.4. The molecule has 0 aliphatic carbocycles. The van der Waals surface area contributed by atoms with Gasteiger partial charge in [-0.05, 0) is 74.6 Å². The first-order chi connectivity index (χ1) is 45.2. The molecule has 2 saturated heterocycles. The van der Waals surface area contributed by atoms with Crippen molar-refractivity contribution < 1.29 is 96.6 Å². The standard InChI is InChI=1S/C70H109N5O20/c1-15-31-89-33-35-91-37-38-92-36-34-90-32-21-24-52(76)27-29-58(78)72-51-26-28-56(95-69-65(83)64(82)63(81)48(10)94-69)50(39-51)42-93-70(86)74(12)60(44(5)6)55(77)40-53(43(3)4)68(85)73(11)61(45(7)16-2)57(87-13)41-59(79)75-30-20-25-54(75)66(88-14)46(8)67(84)71-47(9)62(80)49-22-18-17-19-23-49/h1,17-19,22-23,26,28,39,43-48,53-54,57,60-66,69,80-83H,16,20-21,24-25,27,29-38,40-42H2,2-14H3,(H,71,84)(H,72,78)/t45-,46+,47+,48?,53-,54-,57+,60-,61-,62+,63+,64-,65?,66+,69-/m0/s1. The number of amides is 5. The third-order valence-corrected chi connectivity index (χ3v) is 17.9. The van der Waals surface area contributed by atoms with Crippen molar-refractivity contribution in [1.29, 1.82) is 0 Å². The highest BCUT2D eigenvalue weighted by molar-refractivity contribution is 5.94. The number of rotatable bonds is 43. The molecule has 2 aliphatic heterocycles. The fourth-order valence-corrected chi connectivity index (χ4v) is 12.2. The summed E-state index contributed by atoms with van der Waals surface area (Å²) in [5, 5.41) is 48.5. The number of likely N-dealkylation sites (N-methyl/N-ethyl adjacent to an activating group) is 2. The lowest BCUT2D eigenvalue weighted by Crippen LogP contribution is -2.58. The maximum atomic E-state index is 15.0. The van der Waals surface area contributed by atoms with Crippen molar-refractivity contribution in [1.82, 2.24) is 20.0 Å². The van der Waals surface area contributed by atoms with E-state index in [1.165, 1.54) is 46.4 Å². The van der Waals surface area contributed by atoms with Crippen molar-refractivity contribution in [2.75, 3.05) is 93.0 Å². The number of terminal acetylenes is 1. The molecule has 0 bridgehead atoms. The van der Waals surface area contributed by atoms with Gasteiger partial charge in [-0.3, -0.25) is 28.8 Å². The van der Waals surface area contributed by atoms with Crippen LogP contribution < -0.4 is 15.4 Å². The summed E-state index contributed by atoms with van der Waals surface area (Å²) in [7, 11) is 6.09. The van der Waals surface area contributed by atoms with E-state index in [2.05, 4.69) is 16.6 Å². The van der Waals surface area contributed by atoms with Crippen LogP contribution in [0, 0.1) is 41.9 Å². The molecule has 5 amide bonds. The first kappa shape index (κ1) is 81.3. The van der Waals surface area contributed by atoms with Crippen LogP contribution in [0.4, 0.5) is 10.5 Å². The Labute approximate surface area is 561 Å². The predicted octanol–water partition coefficient (Wildman–Crippen LogP) is 5.64. The zero-order valence-corrected chi connectivity index (χ0v) is 58.1. The summed E-state index contributed by atoms with van der Waals surface area (Å²) >= 11 is 0. The number of aliphatic hydroxyl groups excluding tert-OH is 4. The van der Waals surface area contributed by atoms with E-state index in [0.717, 1.165) is 4.90 Å². The van der Waals surface area contributed by atoms with Crippen LogP contribution in [0.15, 0.2) is 48.5 Å². The largest absolute Gasteiger partial charge is 0.462 e. The Balaban J connectivity index is 1.42. The van der Waals surface area contributed by atoms with Crippen LogP contribution in [0.25, 0.3) is 0 Å². The van der Waals surface area contributed by atoms with Crippen molar-refractivity contribution in [3.05, 3.63) is 59.7 Å². The number of aliphatic hydroxyl groups is 4. The second-order valence-corrected chi connectivity index (χ2v) is 25.5. The molecule has 95 heavy (non-hydrogen) atoms. The van der Waals surface area contributed by atoms with Crippen molar-refractivity contribution in [2.24, 2.45) is 29.6 Å². The number of nitrogens with zero attached hydrogens (tertiary/aromatic N) is 3. The number of ketones is 2. The molecule has 6 N–H and O–H groups in total. The molecule has 2 aliphatic rings. The van der Waals surface area contributed by atoms with E-state index >= 15 is 0 Å². The van der Waals surface area contributed by atoms with Gasteiger partial charge in [0.25, 0.3) is 0 Å². The lowest BCUT2D eigenvalue weighted by molar-refractivity contribution is -0.268. The summed E-state index contributed by atoms with van der Waals surface area (Å²) in [5.41, 5.74) is 1.07. The summed E-state index contributed by atoms with van der Waals surface area (Å²) in [6.45, 7) is 18.9. The number of benzene rings is 2. The first-order valence-corrected chi connectivity index (χ1v) is 33.4. The molecule has 25 heteroatoms. The minimum absolute atomic E-state index is 0.0168. The number of hydrogen-bond acceptors (Lipinski definition) is 20. The van der Waals surface area contributed by atoms with Gasteiger partial charge in [-0.2, -0.15) is 0 Å². The van der Waals surface area contributed by atoms with E-state index in [-0.39, 0.29) is 91.1 Å². The van der Waals surface area contributed by atoms with Crippen LogP contribution in [0.3, 0.4) is 0 Å². The average molecular weight is 1340 g/mol. The van der Waals surface area contributed by atoms with E-state index in [4.69, 9.17) is 49.1 Å². The van der Waals surface area contributed by atoms with Crippen molar-refractivity contribution in [3.8, 4) is 18.1 Å². The van der Waals surface area contributed by atoms with Crippen LogP contribution in [-0.2, 0) is 73.3 Å². The summed E-state index contributed by atoms with van der Waals surface area (Å²) < 4.78 is 51.2. The Hall–Kier alpha value is -6.15. The monoisotopic (exact) mass is 1340 g/mol. The lowest BCUT2D eigenvalue weighted by Gasteiger charge is -2.41. The van der Waals surface area contributed by atoms with Gasteiger partial charge in [0, 0.05) is 84.3 Å². The second-order valence-electron chi connectivity index (χ2n) is 25.5. The Kier molecular flexibility index (Phi) is 35.8. The minimum atomic E-state index is -1.70. The molecule has 4 rings (SSSR count). The molecule has 25 nitrogen and oxygen atoms in total. The normalized spacial score (nSPS) is 20.9. The third kappa shape index (κ3) is 25.0. The Morgan fingerprint density at radius 1 is 0.779 bits per heavy atom. The number of hydrogen-bond donors (Lipinski definition) is 6. The minimum Gasteiger partial charge on any atom is -0.462 e. The molecule has 534 valence electrons. The molecule has 0 spiro atoms.